The van der Waals surface area contributed by atoms with Crippen LogP contribution in [0.4, 0.5) is 0 Å². The Hall–Kier alpha value is -0.860. The molecule has 1 aromatic carbocycles. The molecule has 0 spiro atoms. The first-order valence-corrected chi connectivity index (χ1v) is 7.69. The highest BCUT2D eigenvalue weighted by molar-refractivity contribution is 5.29. The summed E-state index contributed by atoms with van der Waals surface area (Å²) in [7, 11) is 2.08. The van der Waals surface area contributed by atoms with Gasteiger partial charge in [-0.15, -0.1) is 0 Å². The normalized spacial score (nSPS) is 23.0. The highest BCUT2D eigenvalue weighted by Crippen LogP contribution is 2.22. The summed E-state index contributed by atoms with van der Waals surface area (Å²) in [5.41, 5.74) is 2.84. The van der Waals surface area contributed by atoms with Crippen molar-refractivity contribution < 1.29 is 0 Å². The van der Waals surface area contributed by atoms with Crippen molar-refractivity contribution >= 4 is 0 Å². The molecular weight excluding hydrogens is 232 g/mol. The van der Waals surface area contributed by atoms with E-state index >= 15 is 0 Å². The van der Waals surface area contributed by atoms with Crippen molar-refractivity contribution in [3.8, 4) is 0 Å². The number of hydrogen-bond donors (Lipinski definition) is 1. The number of benzene rings is 1. The van der Waals surface area contributed by atoms with Gasteiger partial charge >= 0.3 is 0 Å². The predicted molar refractivity (Wildman–Crippen MR) is 82.5 cm³/mol. The molecule has 2 rings (SSSR count). The molecule has 2 atom stereocenters. The van der Waals surface area contributed by atoms with Gasteiger partial charge in [0.2, 0.25) is 0 Å². The van der Waals surface area contributed by atoms with Crippen LogP contribution in [0.1, 0.15) is 49.8 Å². The Bertz CT molecular complexity index is 389. The lowest BCUT2D eigenvalue weighted by molar-refractivity contribution is 0.193. The lowest BCUT2D eigenvalue weighted by Crippen LogP contribution is -2.39. The lowest BCUT2D eigenvalue weighted by atomic mass is 10.0. The Balaban J connectivity index is 2.08. The Morgan fingerprint density at radius 3 is 2.79 bits per heavy atom. The van der Waals surface area contributed by atoms with E-state index in [4.69, 9.17) is 0 Å². The molecular formula is C17H28N2. The van der Waals surface area contributed by atoms with Gasteiger partial charge in [-0.25, -0.2) is 0 Å². The summed E-state index contributed by atoms with van der Waals surface area (Å²) in [5, 5.41) is 3.51. The molecule has 1 N–H and O–H groups in total. The third-order valence-corrected chi connectivity index (χ3v) is 4.52. The molecule has 0 bridgehead atoms. The first kappa shape index (κ1) is 14.5. The number of aryl methyl sites for hydroxylation is 1. The Morgan fingerprint density at radius 1 is 1.26 bits per heavy atom. The molecule has 0 aromatic heterocycles. The summed E-state index contributed by atoms with van der Waals surface area (Å²) in [6, 6.07) is 9.92. The van der Waals surface area contributed by atoms with E-state index < -0.39 is 0 Å². The van der Waals surface area contributed by atoms with Crippen molar-refractivity contribution in [2.24, 2.45) is 0 Å². The largest absolute Gasteiger partial charge is 0.312 e. The summed E-state index contributed by atoms with van der Waals surface area (Å²) in [6.07, 6.45) is 5.50. The van der Waals surface area contributed by atoms with Gasteiger partial charge in [0.05, 0.1) is 0 Å². The maximum absolute atomic E-state index is 3.51. The minimum absolute atomic E-state index is 0.446. The molecule has 0 saturated carbocycles. The highest BCUT2D eigenvalue weighted by Gasteiger charge is 2.21. The van der Waals surface area contributed by atoms with Crippen LogP contribution in [-0.4, -0.2) is 31.1 Å². The SMILES string of the molecule is CNC(CN1CCCCCC1C)c1ccccc1C. The molecule has 2 heteroatoms. The van der Waals surface area contributed by atoms with Crippen LogP contribution in [-0.2, 0) is 0 Å². The standard InChI is InChI=1S/C17H28N2/c1-14-9-6-7-11-16(14)17(18-3)13-19-12-8-4-5-10-15(19)2/h6-7,9,11,15,17-18H,4-5,8,10,12-13H2,1-3H3. The van der Waals surface area contributed by atoms with E-state index in [1.54, 1.807) is 0 Å². The third-order valence-electron chi connectivity index (χ3n) is 4.52. The fourth-order valence-electron chi connectivity index (χ4n) is 3.16. The van der Waals surface area contributed by atoms with E-state index in [1.165, 1.54) is 43.4 Å². The molecule has 1 fully saturated rings. The van der Waals surface area contributed by atoms with Gasteiger partial charge in [0.15, 0.2) is 0 Å². The van der Waals surface area contributed by atoms with Crippen molar-refractivity contribution in [1.82, 2.24) is 10.2 Å². The van der Waals surface area contributed by atoms with Gasteiger partial charge in [-0.05, 0) is 51.4 Å². The Kier molecular flexibility index (Phi) is 5.41. The van der Waals surface area contributed by atoms with Crippen LogP contribution in [0.15, 0.2) is 24.3 Å². The third kappa shape index (κ3) is 3.80. The molecule has 1 saturated heterocycles. The zero-order valence-electron chi connectivity index (χ0n) is 12.7. The summed E-state index contributed by atoms with van der Waals surface area (Å²) in [5.74, 6) is 0. The smallest absolute Gasteiger partial charge is 0.0449 e. The van der Waals surface area contributed by atoms with Crippen molar-refractivity contribution in [1.29, 1.82) is 0 Å². The van der Waals surface area contributed by atoms with Crippen molar-refractivity contribution in [3.63, 3.8) is 0 Å². The monoisotopic (exact) mass is 260 g/mol. The van der Waals surface area contributed by atoms with Crippen LogP contribution >= 0.6 is 0 Å². The van der Waals surface area contributed by atoms with Crippen LogP contribution in [0.3, 0.4) is 0 Å². The summed E-state index contributed by atoms with van der Waals surface area (Å²) in [4.78, 5) is 2.67. The zero-order valence-corrected chi connectivity index (χ0v) is 12.7. The minimum atomic E-state index is 0.446. The minimum Gasteiger partial charge on any atom is -0.312 e. The molecule has 1 aromatic rings. The van der Waals surface area contributed by atoms with Crippen molar-refractivity contribution in [2.75, 3.05) is 20.1 Å². The molecule has 0 amide bonds. The fraction of sp³-hybridized carbons (Fsp3) is 0.647. The number of rotatable bonds is 4. The first-order chi connectivity index (χ1) is 9.22. The average molecular weight is 260 g/mol. The number of likely N-dealkylation sites (N-methyl/N-ethyl adjacent to an activating group) is 1. The second-order valence-corrected chi connectivity index (χ2v) is 5.89. The van der Waals surface area contributed by atoms with Crippen molar-refractivity contribution in [2.45, 2.75) is 51.6 Å². The van der Waals surface area contributed by atoms with Gasteiger partial charge in [-0.2, -0.15) is 0 Å². The van der Waals surface area contributed by atoms with E-state index in [9.17, 15) is 0 Å². The number of hydrogen-bond acceptors (Lipinski definition) is 2. The summed E-state index contributed by atoms with van der Waals surface area (Å²) in [6.45, 7) is 6.98. The Morgan fingerprint density at radius 2 is 2.05 bits per heavy atom. The Labute approximate surface area is 118 Å². The van der Waals surface area contributed by atoms with Gasteiger partial charge in [-0.3, -0.25) is 4.90 Å². The van der Waals surface area contributed by atoms with Crippen LogP contribution in [0.2, 0.25) is 0 Å². The van der Waals surface area contributed by atoms with Crippen LogP contribution in [0.5, 0.6) is 0 Å². The van der Waals surface area contributed by atoms with Crippen LogP contribution in [0, 0.1) is 6.92 Å². The fourth-order valence-corrected chi connectivity index (χ4v) is 3.16. The van der Waals surface area contributed by atoms with Gasteiger partial charge in [-0.1, -0.05) is 37.1 Å². The summed E-state index contributed by atoms with van der Waals surface area (Å²) >= 11 is 0. The van der Waals surface area contributed by atoms with E-state index in [0.29, 0.717) is 6.04 Å². The number of nitrogens with one attached hydrogen (secondary N) is 1. The van der Waals surface area contributed by atoms with E-state index in [-0.39, 0.29) is 0 Å². The maximum atomic E-state index is 3.51. The molecule has 1 heterocycles. The van der Waals surface area contributed by atoms with E-state index in [1.807, 2.05) is 0 Å². The number of likely N-dealkylation sites (tertiary alicyclic amines) is 1. The summed E-state index contributed by atoms with van der Waals surface area (Å²) < 4.78 is 0. The second-order valence-electron chi connectivity index (χ2n) is 5.89. The molecule has 2 unspecified atom stereocenters. The molecule has 19 heavy (non-hydrogen) atoms. The maximum Gasteiger partial charge on any atom is 0.0449 e. The average Bonchev–Trinajstić information content (AvgIpc) is 2.62. The molecule has 0 radical (unpaired) electrons. The van der Waals surface area contributed by atoms with Crippen LogP contribution in [0.25, 0.3) is 0 Å². The van der Waals surface area contributed by atoms with Gasteiger partial charge in [0.1, 0.15) is 0 Å². The molecule has 0 aliphatic carbocycles. The molecule has 1 aliphatic heterocycles. The van der Waals surface area contributed by atoms with Gasteiger partial charge in [0, 0.05) is 18.6 Å². The quantitative estimate of drug-likeness (QED) is 0.891. The highest BCUT2D eigenvalue weighted by atomic mass is 15.2. The van der Waals surface area contributed by atoms with E-state index in [0.717, 1.165) is 12.6 Å². The lowest BCUT2D eigenvalue weighted by Gasteiger charge is -2.31. The van der Waals surface area contributed by atoms with Crippen LogP contribution < -0.4 is 5.32 Å². The molecule has 106 valence electrons. The number of nitrogens with zero attached hydrogens (tertiary/aromatic N) is 1. The van der Waals surface area contributed by atoms with Crippen molar-refractivity contribution in [3.05, 3.63) is 35.4 Å². The second kappa shape index (κ2) is 7.06. The molecule has 2 nitrogen and oxygen atoms in total. The topological polar surface area (TPSA) is 15.3 Å². The zero-order chi connectivity index (χ0) is 13.7. The predicted octanol–water partition coefficient (Wildman–Crippen LogP) is 3.52. The van der Waals surface area contributed by atoms with Gasteiger partial charge in [0.25, 0.3) is 0 Å². The van der Waals surface area contributed by atoms with E-state index in [2.05, 4.69) is 55.4 Å². The first-order valence-electron chi connectivity index (χ1n) is 7.69. The molecule has 1 aliphatic rings. The van der Waals surface area contributed by atoms with Gasteiger partial charge < -0.3 is 5.32 Å².